The highest BCUT2D eigenvalue weighted by atomic mass is 16.7. The van der Waals surface area contributed by atoms with Crippen LogP contribution in [-0.2, 0) is 0 Å². The van der Waals surface area contributed by atoms with Crippen LogP contribution in [0.25, 0.3) is 0 Å². The van der Waals surface area contributed by atoms with Gasteiger partial charge in [0.15, 0.2) is 0 Å². The molecule has 7 heavy (non-hydrogen) atoms. The molecule has 0 aromatic rings. The Morgan fingerprint density at radius 1 is 1.43 bits per heavy atom. The van der Waals surface area contributed by atoms with Crippen LogP contribution in [0.3, 0.4) is 0 Å². The summed E-state index contributed by atoms with van der Waals surface area (Å²) in [5, 5.41) is 24.2. The predicted octanol–water partition coefficient (Wildman–Crippen LogP) is -0.769. The molecule has 0 aromatic carbocycles. The van der Waals surface area contributed by atoms with E-state index in [1.54, 1.807) is 6.92 Å². The van der Waals surface area contributed by atoms with Gasteiger partial charge in [-0.1, -0.05) is 6.92 Å². The molecule has 0 aliphatic rings. The van der Waals surface area contributed by atoms with Crippen molar-refractivity contribution >= 4 is 0 Å². The summed E-state index contributed by atoms with van der Waals surface area (Å²) in [7, 11) is 0. The molecule has 0 aromatic heterocycles. The third-order valence-electron chi connectivity index (χ3n) is 0.478. The molecule has 1 radical (unpaired) electrons. The van der Waals surface area contributed by atoms with Gasteiger partial charge in [-0.25, -0.2) is 0 Å². The summed E-state index contributed by atoms with van der Waals surface area (Å²) in [5.41, 5.74) is 0. The molecule has 43 valence electrons. The molecule has 0 amide bonds. The summed E-state index contributed by atoms with van der Waals surface area (Å²) in [6.45, 7) is 1.69. The van der Waals surface area contributed by atoms with E-state index in [1.165, 1.54) is 0 Å². The molecule has 0 bridgehead atoms. The Balaban J connectivity index is 3.15. The van der Waals surface area contributed by atoms with Crippen LogP contribution in [0.1, 0.15) is 13.3 Å². The summed E-state index contributed by atoms with van der Waals surface area (Å²) in [6.07, 6.45) is 1.41. The molecule has 0 heterocycles. The van der Waals surface area contributed by atoms with Crippen LogP contribution in [0.5, 0.6) is 0 Å². The van der Waals surface area contributed by atoms with E-state index in [1.807, 2.05) is 0 Å². The lowest BCUT2D eigenvalue weighted by Crippen LogP contribution is -2.26. The van der Waals surface area contributed by atoms with E-state index >= 15 is 0 Å². The summed E-state index contributed by atoms with van der Waals surface area (Å²) in [6, 6.07) is 0. The summed E-state index contributed by atoms with van der Waals surface area (Å²) in [5.74, 6) is -2.57. The fourth-order valence-electron chi connectivity index (χ4n) is 0.274. The van der Waals surface area contributed by atoms with Gasteiger partial charge in [-0.2, -0.15) is 0 Å². The van der Waals surface area contributed by atoms with E-state index in [0.717, 1.165) is 6.42 Å². The molecule has 0 rings (SSSR count). The van der Waals surface area contributed by atoms with Gasteiger partial charge in [0.2, 0.25) is 0 Å². The van der Waals surface area contributed by atoms with Crippen LogP contribution >= 0.6 is 0 Å². The van der Waals surface area contributed by atoms with Crippen LogP contribution in [0, 0.1) is 6.42 Å². The zero-order valence-electron chi connectivity index (χ0n) is 4.13. The first-order valence-corrected chi connectivity index (χ1v) is 2.07. The van der Waals surface area contributed by atoms with Gasteiger partial charge in [0, 0.05) is 0 Å². The van der Waals surface area contributed by atoms with Gasteiger partial charge in [0.25, 0.3) is 5.97 Å². The van der Waals surface area contributed by atoms with Gasteiger partial charge in [-0.05, 0) is 6.42 Å². The predicted molar refractivity (Wildman–Crippen MR) is 24.0 cm³/mol. The molecule has 0 spiro atoms. The number of hydrogen-bond acceptors (Lipinski definition) is 3. The number of aliphatic hydroxyl groups is 3. The van der Waals surface area contributed by atoms with Gasteiger partial charge >= 0.3 is 0 Å². The smallest absolute Gasteiger partial charge is 0.278 e. The van der Waals surface area contributed by atoms with Crippen molar-refractivity contribution in [2.45, 2.75) is 19.3 Å². The molecule has 0 unspecified atom stereocenters. The standard InChI is InChI=1S/C4H9O3/c1-2-3-4(5,6)7/h3,5-7H,2H2,1H3. The lowest BCUT2D eigenvalue weighted by Gasteiger charge is -2.10. The zero-order chi connectivity index (χ0) is 5.91. The van der Waals surface area contributed by atoms with Crippen LogP contribution in [0.15, 0.2) is 0 Å². The fourth-order valence-corrected chi connectivity index (χ4v) is 0.274. The Morgan fingerprint density at radius 3 is 1.86 bits per heavy atom. The average molecular weight is 105 g/mol. The van der Waals surface area contributed by atoms with E-state index in [2.05, 4.69) is 0 Å². The average Bonchev–Trinajstić information content (AvgIpc) is 1.30. The number of rotatable bonds is 2. The Bertz CT molecular complexity index is 45.4. The van der Waals surface area contributed by atoms with Crippen molar-refractivity contribution in [2.75, 3.05) is 0 Å². The highest BCUT2D eigenvalue weighted by Gasteiger charge is 2.15. The third-order valence-corrected chi connectivity index (χ3v) is 0.478. The van der Waals surface area contributed by atoms with Crippen LogP contribution in [-0.4, -0.2) is 21.3 Å². The summed E-state index contributed by atoms with van der Waals surface area (Å²) < 4.78 is 0. The van der Waals surface area contributed by atoms with E-state index < -0.39 is 5.97 Å². The maximum Gasteiger partial charge on any atom is 0.278 e. The summed E-state index contributed by atoms with van der Waals surface area (Å²) >= 11 is 0. The van der Waals surface area contributed by atoms with Gasteiger partial charge in [0.05, 0.1) is 6.42 Å². The SMILES string of the molecule is CC[CH]C(O)(O)O. The Labute approximate surface area is 42.2 Å². The first-order valence-electron chi connectivity index (χ1n) is 2.07. The first-order chi connectivity index (χ1) is 3.06. The third kappa shape index (κ3) is 5.88. The first kappa shape index (κ1) is 6.88. The second-order valence-electron chi connectivity index (χ2n) is 1.30. The largest absolute Gasteiger partial charge is 0.343 e. The maximum atomic E-state index is 8.07. The van der Waals surface area contributed by atoms with Crippen molar-refractivity contribution < 1.29 is 15.3 Å². The van der Waals surface area contributed by atoms with Crippen molar-refractivity contribution in [3.63, 3.8) is 0 Å². The molecular formula is C4H9O3. The van der Waals surface area contributed by atoms with Gasteiger partial charge in [-0.15, -0.1) is 0 Å². The van der Waals surface area contributed by atoms with Crippen molar-refractivity contribution in [2.24, 2.45) is 0 Å². The number of hydrogen-bond donors (Lipinski definition) is 3. The van der Waals surface area contributed by atoms with E-state index in [-0.39, 0.29) is 0 Å². The fraction of sp³-hybridized carbons (Fsp3) is 0.750. The second-order valence-corrected chi connectivity index (χ2v) is 1.30. The Kier molecular flexibility index (Phi) is 2.22. The molecule has 3 nitrogen and oxygen atoms in total. The minimum absolute atomic E-state index is 0.434. The van der Waals surface area contributed by atoms with E-state index in [9.17, 15) is 0 Å². The molecule has 0 atom stereocenters. The molecule has 0 aliphatic heterocycles. The van der Waals surface area contributed by atoms with Crippen molar-refractivity contribution in [1.82, 2.24) is 0 Å². The molecule has 0 aliphatic carbocycles. The molecule has 0 saturated heterocycles. The molecule has 3 heteroatoms. The molecule has 3 N–H and O–H groups in total. The van der Waals surface area contributed by atoms with E-state index in [0.29, 0.717) is 6.42 Å². The van der Waals surface area contributed by atoms with Gasteiger partial charge in [-0.3, -0.25) is 0 Å². The Morgan fingerprint density at radius 2 is 1.86 bits per heavy atom. The normalized spacial score (nSPS) is 12.0. The van der Waals surface area contributed by atoms with Crippen molar-refractivity contribution in [1.29, 1.82) is 0 Å². The van der Waals surface area contributed by atoms with E-state index in [4.69, 9.17) is 15.3 Å². The highest BCUT2D eigenvalue weighted by molar-refractivity contribution is 4.68. The molecule has 0 fully saturated rings. The monoisotopic (exact) mass is 105 g/mol. The lowest BCUT2D eigenvalue weighted by atomic mass is 10.3. The topological polar surface area (TPSA) is 60.7 Å². The van der Waals surface area contributed by atoms with Gasteiger partial charge < -0.3 is 15.3 Å². The quantitative estimate of drug-likeness (QED) is 0.404. The van der Waals surface area contributed by atoms with Crippen LogP contribution in [0.4, 0.5) is 0 Å². The van der Waals surface area contributed by atoms with Crippen LogP contribution in [0.2, 0.25) is 0 Å². The molecular weight excluding hydrogens is 96.0 g/mol. The second kappa shape index (κ2) is 2.26. The molecule has 0 saturated carbocycles. The highest BCUT2D eigenvalue weighted by Crippen LogP contribution is 1.99. The Hall–Kier alpha value is -0.120. The zero-order valence-corrected chi connectivity index (χ0v) is 4.13. The van der Waals surface area contributed by atoms with Crippen molar-refractivity contribution in [3.05, 3.63) is 6.42 Å². The maximum absolute atomic E-state index is 8.07. The minimum atomic E-state index is -2.57. The summed E-state index contributed by atoms with van der Waals surface area (Å²) in [4.78, 5) is 0. The minimum Gasteiger partial charge on any atom is -0.343 e. The van der Waals surface area contributed by atoms with Crippen LogP contribution < -0.4 is 0 Å². The van der Waals surface area contributed by atoms with Crippen molar-refractivity contribution in [3.8, 4) is 0 Å². The van der Waals surface area contributed by atoms with Gasteiger partial charge in [0.1, 0.15) is 0 Å². The lowest BCUT2D eigenvalue weighted by molar-refractivity contribution is -0.286.